The van der Waals surface area contributed by atoms with Gasteiger partial charge in [0.25, 0.3) is 0 Å². The molecule has 162 valence electrons. The molecular weight excluding hydrogens is 450 g/mol. The van der Waals surface area contributed by atoms with Gasteiger partial charge < -0.3 is 13.9 Å². The van der Waals surface area contributed by atoms with Gasteiger partial charge in [0.1, 0.15) is 5.54 Å². The molecule has 0 aliphatic carbocycles. The Morgan fingerprint density at radius 3 is 2.72 bits per heavy atom. The SMILES string of the molecule is COC(=O)[C@]1(Cc2cccc(Br)c2)C[C@H](O[Si](C)(C)C(C)(C)C)[C@@H]2COCCN21. The molecular formula is C22H34BrNO4Si. The summed E-state index contributed by atoms with van der Waals surface area (Å²) in [7, 11) is -0.508. The Labute approximate surface area is 184 Å². The summed E-state index contributed by atoms with van der Waals surface area (Å²) in [4.78, 5) is 15.5. The Morgan fingerprint density at radius 2 is 2.10 bits per heavy atom. The Hall–Kier alpha value is -0.733. The van der Waals surface area contributed by atoms with Crippen LogP contribution in [0.15, 0.2) is 28.7 Å². The highest BCUT2D eigenvalue weighted by Crippen LogP contribution is 2.45. The number of ether oxygens (including phenoxy) is 2. The minimum absolute atomic E-state index is 0.0394. The van der Waals surface area contributed by atoms with E-state index in [4.69, 9.17) is 13.9 Å². The van der Waals surface area contributed by atoms with E-state index in [0.29, 0.717) is 32.6 Å². The fraction of sp³-hybridized carbons (Fsp3) is 0.682. The van der Waals surface area contributed by atoms with Gasteiger partial charge in [0, 0.05) is 23.9 Å². The first-order chi connectivity index (χ1) is 13.5. The number of nitrogens with zero attached hydrogens (tertiary/aromatic N) is 1. The molecule has 2 heterocycles. The standard InChI is InChI=1S/C22H34BrNO4Si/c1-21(2,3)29(5,6)28-19-14-22(20(25)26-4,24-10-11-27-15-18(19)24)13-16-8-7-9-17(23)12-16/h7-9,12,18-19H,10-11,13-15H2,1-6H3/t18-,19-,22-/m0/s1. The lowest BCUT2D eigenvalue weighted by molar-refractivity contribution is -0.157. The summed E-state index contributed by atoms with van der Waals surface area (Å²) < 4.78 is 19.0. The Balaban J connectivity index is 1.98. The van der Waals surface area contributed by atoms with Crippen molar-refractivity contribution >= 4 is 30.2 Å². The highest BCUT2D eigenvalue weighted by Gasteiger charge is 2.59. The van der Waals surface area contributed by atoms with Gasteiger partial charge in [0.05, 0.1) is 32.5 Å². The van der Waals surface area contributed by atoms with Crippen LogP contribution in [0.25, 0.3) is 0 Å². The maximum atomic E-state index is 13.2. The first-order valence-corrected chi connectivity index (χ1v) is 14.1. The highest BCUT2D eigenvalue weighted by atomic mass is 79.9. The Morgan fingerprint density at radius 1 is 1.38 bits per heavy atom. The molecule has 0 radical (unpaired) electrons. The summed E-state index contributed by atoms with van der Waals surface area (Å²) in [6.45, 7) is 13.2. The van der Waals surface area contributed by atoms with E-state index in [9.17, 15) is 4.79 Å². The fourth-order valence-corrected chi connectivity index (χ4v) is 6.14. The van der Waals surface area contributed by atoms with E-state index in [1.807, 2.05) is 12.1 Å². The third-order valence-corrected chi connectivity index (χ3v) is 11.9. The number of halogens is 1. The number of methoxy groups -OCH3 is 1. The number of carbonyl (C=O) groups excluding carboxylic acids is 1. The fourth-order valence-electron chi connectivity index (χ4n) is 4.34. The van der Waals surface area contributed by atoms with Crippen molar-refractivity contribution in [1.82, 2.24) is 4.90 Å². The molecule has 0 spiro atoms. The zero-order valence-corrected chi connectivity index (χ0v) is 21.0. The van der Waals surface area contributed by atoms with E-state index in [1.54, 1.807) is 0 Å². The second-order valence-electron chi connectivity index (χ2n) is 9.79. The van der Waals surface area contributed by atoms with Crippen LogP contribution >= 0.6 is 15.9 Å². The van der Waals surface area contributed by atoms with Gasteiger partial charge in [-0.1, -0.05) is 48.8 Å². The van der Waals surface area contributed by atoms with Crippen LogP contribution in [0.2, 0.25) is 18.1 Å². The normalized spacial score (nSPS) is 28.2. The van der Waals surface area contributed by atoms with Gasteiger partial charge in [0.15, 0.2) is 8.32 Å². The van der Waals surface area contributed by atoms with E-state index in [1.165, 1.54) is 7.11 Å². The maximum absolute atomic E-state index is 13.2. The largest absolute Gasteiger partial charge is 0.468 e. The molecule has 0 aromatic heterocycles. The molecule has 1 aromatic rings. The van der Waals surface area contributed by atoms with Crippen molar-refractivity contribution < 1.29 is 18.7 Å². The smallest absolute Gasteiger partial charge is 0.326 e. The molecule has 3 rings (SSSR count). The summed E-state index contributed by atoms with van der Waals surface area (Å²) in [6.07, 6.45) is 1.20. The zero-order valence-electron chi connectivity index (χ0n) is 18.5. The summed E-state index contributed by atoms with van der Waals surface area (Å²) >= 11 is 3.56. The first-order valence-electron chi connectivity index (χ1n) is 10.4. The third-order valence-electron chi connectivity index (χ3n) is 6.89. The second-order valence-corrected chi connectivity index (χ2v) is 15.5. The Bertz CT molecular complexity index is 751. The minimum atomic E-state index is -2.00. The number of esters is 1. The zero-order chi connectivity index (χ0) is 21.4. The average molecular weight is 485 g/mol. The van der Waals surface area contributed by atoms with Gasteiger partial charge in [-0.25, -0.2) is 0 Å². The molecule has 3 atom stereocenters. The van der Waals surface area contributed by atoms with E-state index in [2.05, 4.69) is 66.8 Å². The molecule has 2 aliphatic rings. The quantitative estimate of drug-likeness (QED) is 0.458. The van der Waals surface area contributed by atoms with Gasteiger partial charge in [-0.3, -0.25) is 9.69 Å². The predicted molar refractivity (Wildman–Crippen MR) is 121 cm³/mol. The van der Waals surface area contributed by atoms with Crippen LogP contribution in [-0.2, 0) is 25.1 Å². The van der Waals surface area contributed by atoms with Gasteiger partial charge in [-0.2, -0.15) is 0 Å². The number of carbonyl (C=O) groups is 1. The van der Waals surface area contributed by atoms with Crippen molar-refractivity contribution in [2.75, 3.05) is 26.9 Å². The highest BCUT2D eigenvalue weighted by molar-refractivity contribution is 9.10. The van der Waals surface area contributed by atoms with Crippen LogP contribution < -0.4 is 0 Å². The van der Waals surface area contributed by atoms with Crippen molar-refractivity contribution in [2.45, 2.75) is 69.4 Å². The van der Waals surface area contributed by atoms with E-state index >= 15 is 0 Å². The van der Waals surface area contributed by atoms with Gasteiger partial charge in [-0.15, -0.1) is 0 Å². The van der Waals surface area contributed by atoms with Crippen LogP contribution in [0.4, 0.5) is 0 Å². The van der Waals surface area contributed by atoms with Crippen molar-refractivity contribution in [3.8, 4) is 0 Å². The monoisotopic (exact) mass is 483 g/mol. The van der Waals surface area contributed by atoms with E-state index in [-0.39, 0.29) is 23.2 Å². The van der Waals surface area contributed by atoms with E-state index < -0.39 is 13.9 Å². The number of benzene rings is 1. The van der Waals surface area contributed by atoms with Crippen molar-refractivity contribution in [1.29, 1.82) is 0 Å². The third kappa shape index (κ3) is 4.49. The molecule has 1 aromatic carbocycles. The molecule has 0 amide bonds. The molecule has 2 saturated heterocycles. The van der Waals surface area contributed by atoms with Crippen LogP contribution in [0.1, 0.15) is 32.8 Å². The summed E-state index contributed by atoms with van der Waals surface area (Å²) in [5.74, 6) is -0.175. The molecule has 29 heavy (non-hydrogen) atoms. The van der Waals surface area contributed by atoms with Crippen LogP contribution in [0.3, 0.4) is 0 Å². The molecule has 0 unspecified atom stereocenters. The van der Waals surface area contributed by atoms with Crippen molar-refractivity contribution in [3.05, 3.63) is 34.3 Å². The lowest BCUT2D eigenvalue weighted by Gasteiger charge is -2.42. The average Bonchev–Trinajstić information content (AvgIpc) is 2.94. The summed E-state index contributed by atoms with van der Waals surface area (Å²) in [5.41, 5.74) is 0.389. The molecule has 2 fully saturated rings. The molecule has 2 aliphatic heterocycles. The molecule has 7 heteroatoms. The number of hydrogen-bond donors (Lipinski definition) is 0. The van der Waals surface area contributed by atoms with Crippen molar-refractivity contribution in [3.63, 3.8) is 0 Å². The van der Waals surface area contributed by atoms with Gasteiger partial charge in [-0.05, 0) is 35.8 Å². The van der Waals surface area contributed by atoms with E-state index in [0.717, 1.165) is 10.0 Å². The van der Waals surface area contributed by atoms with Gasteiger partial charge >= 0.3 is 5.97 Å². The molecule has 5 nitrogen and oxygen atoms in total. The first kappa shape index (κ1) is 22.9. The topological polar surface area (TPSA) is 48.0 Å². The summed E-state index contributed by atoms with van der Waals surface area (Å²) in [6, 6.07) is 8.25. The number of fused-ring (bicyclic) bond motifs is 1. The van der Waals surface area contributed by atoms with Crippen LogP contribution in [-0.4, -0.2) is 63.7 Å². The predicted octanol–water partition coefficient (Wildman–Crippen LogP) is 4.40. The lowest BCUT2D eigenvalue weighted by atomic mass is 9.87. The number of rotatable bonds is 5. The molecule has 0 saturated carbocycles. The minimum Gasteiger partial charge on any atom is -0.468 e. The van der Waals surface area contributed by atoms with Crippen LogP contribution in [0, 0.1) is 0 Å². The number of hydrogen-bond acceptors (Lipinski definition) is 5. The second kappa shape index (κ2) is 8.42. The molecule has 0 N–H and O–H groups in total. The lowest BCUT2D eigenvalue weighted by Crippen LogP contribution is -2.59. The Kier molecular flexibility index (Phi) is 6.66. The summed E-state index contributed by atoms with van der Waals surface area (Å²) in [5, 5.41) is 0.105. The van der Waals surface area contributed by atoms with Gasteiger partial charge in [0.2, 0.25) is 0 Å². The van der Waals surface area contributed by atoms with Crippen molar-refractivity contribution in [2.24, 2.45) is 0 Å². The van der Waals surface area contributed by atoms with Crippen LogP contribution in [0.5, 0.6) is 0 Å². The molecule has 0 bridgehead atoms. The number of morpholine rings is 1. The maximum Gasteiger partial charge on any atom is 0.326 e.